The van der Waals surface area contributed by atoms with Crippen LogP contribution in [0.4, 0.5) is 4.79 Å². The monoisotopic (exact) mass is 345 g/mol. The second-order valence-electron chi connectivity index (χ2n) is 5.57. The minimum atomic E-state index is -0.163. The Balaban J connectivity index is 1.46. The van der Waals surface area contributed by atoms with Crippen LogP contribution >= 0.6 is 11.6 Å². The normalized spacial score (nSPS) is 10.9. The van der Waals surface area contributed by atoms with E-state index in [0.29, 0.717) is 24.5 Å². The molecule has 0 spiro atoms. The first-order valence-electron chi connectivity index (χ1n) is 7.87. The van der Waals surface area contributed by atoms with E-state index in [9.17, 15) is 4.79 Å². The van der Waals surface area contributed by atoms with Crippen molar-refractivity contribution < 1.29 is 4.79 Å². The number of urea groups is 1. The molecule has 2 heterocycles. The van der Waals surface area contributed by atoms with Crippen LogP contribution in [0.1, 0.15) is 5.82 Å². The summed E-state index contributed by atoms with van der Waals surface area (Å²) < 4.78 is 4.04. The smallest absolute Gasteiger partial charge is 0.314 e. The summed E-state index contributed by atoms with van der Waals surface area (Å²) in [6, 6.07) is 9.42. The summed E-state index contributed by atoms with van der Waals surface area (Å²) >= 11 is 6.00. The first-order chi connectivity index (χ1) is 11.6. The molecular formula is C17H20ClN5O. The molecule has 0 atom stereocenters. The Morgan fingerprint density at radius 1 is 1.21 bits per heavy atom. The topological polar surface area (TPSA) is 63.9 Å². The Labute approximate surface area is 145 Å². The Kier molecular flexibility index (Phi) is 5.05. The highest BCUT2D eigenvalue weighted by molar-refractivity contribution is 6.31. The predicted octanol–water partition coefficient (Wildman–Crippen LogP) is 2.57. The summed E-state index contributed by atoms with van der Waals surface area (Å²) in [6.45, 7) is 1.87. The fourth-order valence-electron chi connectivity index (χ4n) is 2.61. The Morgan fingerprint density at radius 2 is 1.96 bits per heavy atom. The van der Waals surface area contributed by atoms with Gasteiger partial charge in [0.2, 0.25) is 0 Å². The van der Waals surface area contributed by atoms with Gasteiger partial charge in [-0.1, -0.05) is 11.6 Å². The van der Waals surface area contributed by atoms with Gasteiger partial charge in [-0.3, -0.25) is 0 Å². The zero-order valence-corrected chi connectivity index (χ0v) is 14.3. The number of hydrogen-bond donors (Lipinski definition) is 2. The molecule has 0 saturated carbocycles. The van der Waals surface area contributed by atoms with E-state index in [4.69, 9.17) is 11.6 Å². The van der Waals surface area contributed by atoms with Crippen LogP contribution in [-0.4, -0.2) is 33.2 Å². The Morgan fingerprint density at radius 3 is 2.75 bits per heavy atom. The van der Waals surface area contributed by atoms with E-state index in [0.717, 1.165) is 23.4 Å². The number of rotatable bonds is 6. The fourth-order valence-corrected chi connectivity index (χ4v) is 2.78. The molecule has 2 amide bonds. The number of nitrogens with one attached hydrogen (secondary N) is 2. The van der Waals surface area contributed by atoms with E-state index in [-0.39, 0.29) is 6.03 Å². The molecule has 0 saturated heterocycles. The molecule has 24 heavy (non-hydrogen) atoms. The highest BCUT2D eigenvalue weighted by atomic mass is 35.5. The number of aromatic nitrogens is 3. The minimum Gasteiger partial charge on any atom is -0.353 e. The zero-order chi connectivity index (χ0) is 16.9. The maximum absolute atomic E-state index is 11.8. The summed E-state index contributed by atoms with van der Waals surface area (Å²) in [6.07, 6.45) is 4.60. The third kappa shape index (κ3) is 3.89. The molecule has 126 valence electrons. The molecule has 0 unspecified atom stereocenters. The van der Waals surface area contributed by atoms with E-state index in [1.807, 2.05) is 58.9 Å². The third-order valence-electron chi connectivity index (χ3n) is 3.89. The van der Waals surface area contributed by atoms with Gasteiger partial charge in [0.05, 0.1) is 11.0 Å². The van der Waals surface area contributed by atoms with Crippen molar-refractivity contribution in [2.24, 2.45) is 7.05 Å². The Hall–Kier alpha value is -2.47. The van der Waals surface area contributed by atoms with Crippen LogP contribution in [0, 0.1) is 0 Å². The standard InChI is InChI=1S/C17H20ClN5O/c1-22-15-5-4-13(18)12-14(15)21-16(22)6-7-19-17(24)20-8-11-23-9-2-3-10-23/h2-5,9-10,12H,6-8,11H2,1H3,(H2,19,20,24). The molecule has 3 rings (SSSR count). The van der Waals surface area contributed by atoms with E-state index in [1.54, 1.807) is 0 Å². The van der Waals surface area contributed by atoms with E-state index in [2.05, 4.69) is 15.6 Å². The van der Waals surface area contributed by atoms with Gasteiger partial charge in [-0.15, -0.1) is 0 Å². The second kappa shape index (κ2) is 7.40. The number of carbonyl (C=O) groups is 1. The third-order valence-corrected chi connectivity index (χ3v) is 4.13. The molecule has 0 aliphatic carbocycles. The molecule has 0 aliphatic heterocycles. The predicted molar refractivity (Wildman–Crippen MR) is 95.3 cm³/mol. The molecule has 7 heteroatoms. The van der Waals surface area contributed by atoms with Crippen molar-refractivity contribution in [2.75, 3.05) is 13.1 Å². The highest BCUT2D eigenvalue weighted by Crippen LogP contribution is 2.19. The van der Waals surface area contributed by atoms with Crippen LogP contribution < -0.4 is 10.6 Å². The number of aryl methyl sites for hydroxylation is 1. The average Bonchev–Trinajstić information content (AvgIpc) is 3.16. The lowest BCUT2D eigenvalue weighted by atomic mass is 10.3. The van der Waals surface area contributed by atoms with Crippen molar-refractivity contribution in [2.45, 2.75) is 13.0 Å². The number of halogens is 1. The molecular weight excluding hydrogens is 326 g/mol. The van der Waals surface area contributed by atoms with Crippen LogP contribution in [0.25, 0.3) is 11.0 Å². The number of benzene rings is 1. The van der Waals surface area contributed by atoms with Crippen LogP contribution in [0.15, 0.2) is 42.7 Å². The zero-order valence-electron chi connectivity index (χ0n) is 13.5. The maximum atomic E-state index is 11.8. The highest BCUT2D eigenvalue weighted by Gasteiger charge is 2.08. The van der Waals surface area contributed by atoms with Gasteiger partial charge in [0.1, 0.15) is 5.82 Å². The average molecular weight is 346 g/mol. The molecule has 0 radical (unpaired) electrons. The van der Waals surface area contributed by atoms with Crippen LogP contribution in [0.2, 0.25) is 5.02 Å². The quantitative estimate of drug-likeness (QED) is 0.721. The van der Waals surface area contributed by atoms with Gasteiger partial charge in [-0.25, -0.2) is 9.78 Å². The van der Waals surface area contributed by atoms with Crippen molar-refractivity contribution in [3.63, 3.8) is 0 Å². The lowest BCUT2D eigenvalue weighted by Crippen LogP contribution is -2.38. The van der Waals surface area contributed by atoms with Gasteiger partial charge in [0.15, 0.2) is 0 Å². The lowest BCUT2D eigenvalue weighted by molar-refractivity contribution is 0.240. The van der Waals surface area contributed by atoms with Crippen molar-refractivity contribution in [1.82, 2.24) is 24.8 Å². The molecule has 3 aromatic rings. The van der Waals surface area contributed by atoms with E-state index >= 15 is 0 Å². The van der Waals surface area contributed by atoms with E-state index < -0.39 is 0 Å². The van der Waals surface area contributed by atoms with Crippen molar-refractivity contribution in [3.8, 4) is 0 Å². The lowest BCUT2D eigenvalue weighted by Gasteiger charge is -2.08. The van der Waals surface area contributed by atoms with Crippen LogP contribution in [0.5, 0.6) is 0 Å². The largest absolute Gasteiger partial charge is 0.353 e. The summed E-state index contributed by atoms with van der Waals surface area (Å²) in [5.41, 5.74) is 1.90. The van der Waals surface area contributed by atoms with Gasteiger partial charge >= 0.3 is 6.03 Å². The molecule has 0 aliphatic rings. The molecule has 0 bridgehead atoms. The maximum Gasteiger partial charge on any atom is 0.314 e. The SMILES string of the molecule is Cn1c(CCNC(=O)NCCn2cccc2)nc2cc(Cl)ccc21. The van der Waals surface area contributed by atoms with Gasteiger partial charge in [0, 0.05) is 50.5 Å². The first-order valence-corrected chi connectivity index (χ1v) is 8.24. The van der Waals surface area contributed by atoms with Gasteiger partial charge in [-0.2, -0.15) is 0 Å². The summed E-state index contributed by atoms with van der Waals surface area (Å²) in [5.74, 6) is 0.917. The summed E-state index contributed by atoms with van der Waals surface area (Å²) in [7, 11) is 1.97. The van der Waals surface area contributed by atoms with Crippen molar-refractivity contribution >= 4 is 28.7 Å². The minimum absolute atomic E-state index is 0.163. The fraction of sp³-hybridized carbons (Fsp3) is 0.294. The van der Waals surface area contributed by atoms with E-state index in [1.165, 1.54) is 0 Å². The number of amides is 2. The van der Waals surface area contributed by atoms with Gasteiger partial charge in [-0.05, 0) is 30.3 Å². The van der Waals surface area contributed by atoms with Crippen LogP contribution in [-0.2, 0) is 20.0 Å². The number of imidazole rings is 1. The Bertz CT molecular complexity index is 825. The number of carbonyl (C=O) groups excluding carboxylic acids is 1. The molecule has 6 nitrogen and oxygen atoms in total. The first kappa shape index (κ1) is 16.4. The van der Waals surface area contributed by atoms with Gasteiger partial charge in [0.25, 0.3) is 0 Å². The second-order valence-corrected chi connectivity index (χ2v) is 6.01. The number of fused-ring (bicyclic) bond motifs is 1. The number of hydrogen-bond acceptors (Lipinski definition) is 2. The molecule has 2 aromatic heterocycles. The molecule has 2 N–H and O–H groups in total. The van der Waals surface area contributed by atoms with Crippen molar-refractivity contribution in [1.29, 1.82) is 0 Å². The number of nitrogens with zero attached hydrogens (tertiary/aromatic N) is 3. The van der Waals surface area contributed by atoms with Crippen LogP contribution in [0.3, 0.4) is 0 Å². The van der Waals surface area contributed by atoms with Gasteiger partial charge < -0.3 is 19.8 Å². The summed E-state index contributed by atoms with van der Waals surface area (Å²) in [5, 5.41) is 6.37. The van der Waals surface area contributed by atoms with Crippen molar-refractivity contribution in [3.05, 3.63) is 53.6 Å². The molecule has 1 aromatic carbocycles. The summed E-state index contributed by atoms with van der Waals surface area (Å²) in [4.78, 5) is 16.4. The molecule has 0 fully saturated rings.